The number of aromatic nitrogens is 4. The van der Waals surface area contributed by atoms with Crippen molar-refractivity contribution in [2.75, 3.05) is 11.9 Å². The molecule has 0 fully saturated rings. The van der Waals surface area contributed by atoms with Gasteiger partial charge in [-0.15, -0.1) is 0 Å². The predicted octanol–water partition coefficient (Wildman–Crippen LogP) is 3.78. The van der Waals surface area contributed by atoms with Crippen molar-refractivity contribution in [3.63, 3.8) is 0 Å². The first-order valence-corrected chi connectivity index (χ1v) is 10.1. The summed E-state index contributed by atoms with van der Waals surface area (Å²) in [5.74, 6) is -0.520. The van der Waals surface area contributed by atoms with E-state index >= 15 is 0 Å². The number of hydrogen-bond donors (Lipinski definition) is 1. The molecular formula is C24H23N5O3. The molecule has 4 rings (SSSR count). The lowest BCUT2D eigenvalue weighted by molar-refractivity contribution is -0.119. The molecule has 0 saturated heterocycles. The van der Waals surface area contributed by atoms with Crippen LogP contribution in [0.15, 0.2) is 66.9 Å². The van der Waals surface area contributed by atoms with E-state index in [1.807, 2.05) is 51.1 Å². The lowest BCUT2D eigenvalue weighted by Crippen LogP contribution is -2.22. The fraction of sp³-hybridized carbons (Fsp3) is 0.167. The van der Waals surface area contributed by atoms with Gasteiger partial charge in [0.15, 0.2) is 6.61 Å². The minimum absolute atomic E-state index is 0.354. The molecule has 0 spiro atoms. The zero-order valence-electron chi connectivity index (χ0n) is 18.1. The van der Waals surface area contributed by atoms with Crippen molar-refractivity contribution in [2.24, 2.45) is 0 Å². The fourth-order valence-electron chi connectivity index (χ4n) is 3.24. The highest BCUT2D eigenvalue weighted by molar-refractivity contribution is 5.95. The summed E-state index contributed by atoms with van der Waals surface area (Å²) < 4.78 is 8.59. The van der Waals surface area contributed by atoms with Crippen molar-refractivity contribution in [1.82, 2.24) is 19.6 Å². The van der Waals surface area contributed by atoms with E-state index in [-0.39, 0.29) is 0 Å². The van der Waals surface area contributed by atoms with Crippen LogP contribution >= 0.6 is 0 Å². The first-order chi connectivity index (χ1) is 15.4. The van der Waals surface area contributed by atoms with Crippen molar-refractivity contribution in [1.29, 1.82) is 0 Å². The summed E-state index contributed by atoms with van der Waals surface area (Å²) in [5.41, 5.74) is 4.88. The molecule has 32 heavy (non-hydrogen) atoms. The van der Waals surface area contributed by atoms with Crippen LogP contribution in [0.5, 0.6) is 0 Å². The number of benzene rings is 2. The molecule has 4 aromatic rings. The third-order valence-electron chi connectivity index (χ3n) is 4.89. The molecule has 2 aromatic heterocycles. The van der Waals surface area contributed by atoms with Gasteiger partial charge in [0, 0.05) is 18.0 Å². The molecule has 2 aromatic carbocycles. The average molecular weight is 429 g/mol. The molecule has 8 heteroatoms. The normalized spacial score (nSPS) is 10.7. The van der Waals surface area contributed by atoms with Crippen LogP contribution in [-0.4, -0.2) is 38.0 Å². The molecule has 0 aliphatic carbocycles. The molecule has 8 nitrogen and oxygen atoms in total. The Morgan fingerprint density at radius 2 is 1.56 bits per heavy atom. The molecule has 0 radical (unpaired) electrons. The Hall–Kier alpha value is -4.20. The van der Waals surface area contributed by atoms with Gasteiger partial charge >= 0.3 is 5.97 Å². The Bertz CT molecular complexity index is 1250. The summed E-state index contributed by atoms with van der Waals surface area (Å²) in [6, 6.07) is 18.3. The third kappa shape index (κ3) is 4.59. The van der Waals surface area contributed by atoms with Crippen LogP contribution in [-0.2, 0) is 9.53 Å². The van der Waals surface area contributed by atoms with Gasteiger partial charge in [-0.3, -0.25) is 4.79 Å². The maximum absolute atomic E-state index is 12.4. The van der Waals surface area contributed by atoms with Gasteiger partial charge in [0.25, 0.3) is 5.91 Å². The van der Waals surface area contributed by atoms with Crippen LogP contribution in [0.4, 0.5) is 5.82 Å². The largest absolute Gasteiger partial charge is 0.452 e. The molecule has 0 aliphatic rings. The summed E-state index contributed by atoms with van der Waals surface area (Å²) in [6.45, 7) is 5.38. The second-order valence-electron chi connectivity index (χ2n) is 7.47. The second kappa shape index (κ2) is 8.89. The molecular weight excluding hydrogens is 406 g/mol. The number of rotatable bonds is 6. The number of amides is 1. The Kier molecular flexibility index (Phi) is 5.85. The van der Waals surface area contributed by atoms with Crippen molar-refractivity contribution >= 4 is 17.7 Å². The highest BCUT2D eigenvalue weighted by Gasteiger charge is 2.14. The van der Waals surface area contributed by atoms with E-state index in [2.05, 4.69) is 15.5 Å². The smallest absolute Gasteiger partial charge is 0.338 e. The molecule has 162 valence electrons. The van der Waals surface area contributed by atoms with E-state index in [4.69, 9.17) is 4.74 Å². The van der Waals surface area contributed by atoms with Gasteiger partial charge < -0.3 is 10.1 Å². The maximum Gasteiger partial charge on any atom is 0.338 e. The fourth-order valence-corrected chi connectivity index (χ4v) is 3.24. The van der Waals surface area contributed by atoms with Crippen LogP contribution < -0.4 is 5.32 Å². The van der Waals surface area contributed by atoms with Gasteiger partial charge in [0.2, 0.25) is 0 Å². The van der Waals surface area contributed by atoms with Crippen LogP contribution in [0.2, 0.25) is 0 Å². The van der Waals surface area contributed by atoms with Crippen molar-refractivity contribution < 1.29 is 14.3 Å². The van der Waals surface area contributed by atoms with Gasteiger partial charge in [0.05, 0.1) is 22.6 Å². The quantitative estimate of drug-likeness (QED) is 0.471. The van der Waals surface area contributed by atoms with Gasteiger partial charge in [-0.1, -0.05) is 17.7 Å². The lowest BCUT2D eigenvalue weighted by atomic mass is 10.2. The molecule has 1 amide bonds. The first-order valence-electron chi connectivity index (χ1n) is 10.1. The minimum atomic E-state index is -0.577. The molecule has 0 atom stereocenters. The summed E-state index contributed by atoms with van der Waals surface area (Å²) >= 11 is 0. The van der Waals surface area contributed by atoms with E-state index in [9.17, 15) is 9.59 Å². The standard InChI is InChI=1S/C24H23N5O3/c1-16-4-8-21(9-5-16)29-22(14-17(2)27-29)26-23(30)15-32-24(31)19-6-10-20(11-7-19)28-18(3)12-13-25-28/h4-14H,15H2,1-3H3,(H,26,30). The zero-order chi connectivity index (χ0) is 22.7. The Morgan fingerprint density at radius 1 is 0.906 bits per heavy atom. The summed E-state index contributed by atoms with van der Waals surface area (Å²) in [6.07, 6.45) is 1.71. The monoisotopic (exact) mass is 429 g/mol. The first kappa shape index (κ1) is 21.0. The lowest BCUT2D eigenvalue weighted by Gasteiger charge is -2.10. The number of nitrogens with zero attached hydrogens (tertiary/aromatic N) is 4. The number of carbonyl (C=O) groups is 2. The van der Waals surface area contributed by atoms with Crippen molar-refractivity contribution in [3.8, 4) is 11.4 Å². The van der Waals surface area contributed by atoms with Gasteiger partial charge in [-0.05, 0) is 63.2 Å². The van der Waals surface area contributed by atoms with Crippen molar-refractivity contribution in [2.45, 2.75) is 20.8 Å². The molecule has 2 heterocycles. The summed E-state index contributed by atoms with van der Waals surface area (Å²) in [4.78, 5) is 24.7. The Morgan fingerprint density at radius 3 is 2.22 bits per heavy atom. The number of carbonyl (C=O) groups excluding carboxylic acids is 2. The van der Waals surface area contributed by atoms with Crippen molar-refractivity contribution in [3.05, 3.63) is 89.4 Å². The maximum atomic E-state index is 12.4. The number of aryl methyl sites for hydroxylation is 3. The topological polar surface area (TPSA) is 91.0 Å². The average Bonchev–Trinajstić information content (AvgIpc) is 3.37. The van der Waals surface area contributed by atoms with E-state index in [0.29, 0.717) is 11.4 Å². The van der Waals surface area contributed by atoms with E-state index in [1.165, 1.54) is 0 Å². The molecule has 0 unspecified atom stereocenters. The number of anilines is 1. The Labute approximate surface area is 185 Å². The summed E-state index contributed by atoms with van der Waals surface area (Å²) in [7, 11) is 0. The molecule has 0 bridgehead atoms. The molecule has 0 saturated carbocycles. The SMILES string of the molecule is Cc1ccc(-n2nc(C)cc2NC(=O)COC(=O)c2ccc(-n3nccc3C)cc2)cc1. The van der Waals surface area contributed by atoms with Gasteiger partial charge in [-0.2, -0.15) is 10.2 Å². The number of nitrogens with one attached hydrogen (secondary N) is 1. The summed E-state index contributed by atoms with van der Waals surface area (Å²) in [5, 5.41) is 11.4. The van der Waals surface area contributed by atoms with E-state index in [1.54, 1.807) is 45.9 Å². The Balaban J connectivity index is 1.38. The van der Waals surface area contributed by atoms with E-state index in [0.717, 1.165) is 28.3 Å². The van der Waals surface area contributed by atoms with Crippen LogP contribution in [0.25, 0.3) is 11.4 Å². The second-order valence-corrected chi connectivity index (χ2v) is 7.47. The molecule has 0 aliphatic heterocycles. The number of esters is 1. The minimum Gasteiger partial charge on any atom is -0.452 e. The van der Waals surface area contributed by atoms with Gasteiger partial charge in [-0.25, -0.2) is 14.2 Å². The zero-order valence-corrected chi connectivity index (χ0v) is 18.1. The number of ether oxygens (including phenoxy) is 1. The third-order valence-corrected chi connectivity index (χ3v) is 4.89. The highest BCUT2D eigenvalue weighted by atomic mass is 16.5. The van der Waals surface area contributed by atoms with Crippen LogP contribution in [0.1, 0.15) is 27.3 Å². The molecule has 1 N–H and O–H groups in total. The van der Waals surface area contributed by atoms with Crippen LogP contribution in [0, 0.1) is 20.8 Å². The van der Waals surface area contributed by atoms with Gasteiger partial charge in [0.1, 0.15) is 5.82 Å². The predicted molar refractivity (Wildman–Crippen MR) is 120 cm³/mol. The number of hydrogen-bond acceptors (Lipinski definition) is 5. The van der Waals surface area contributed by atoms with Crippen LogP contribution in [0.3, 0.4) is 0 Å². The highest BCUT2D eigenvalue weighted by Crippen LogP contribution is 2.18. The van der Waals surface area contributed by atoms with E-state index < -0.39 is 18.5 Å².